The molecule has 2 aromatic carbocycles. The first kappa shape index (κ1) is 28.9. The van der Waals surface area contributed by atoms with E-state index in [1.165, 1.54) is 11.3 Å². The molecule has 2 aliphatic heterocycles. The molecule has 6 rings (SSSR count). The number of aromatic nitrogens is 3. The first-order valence-electron chi connectivity index (χ1n) is 14.9. The average molecular weight is 604 g/mol. The van der Waals surface area contributed by atoms with Gasteiger partial charge in [0.05, 0.1) is 35.0 Å². The van der Waals surface area contributed by atoms with Gasteiger partial charge in [0.2, 0.25) is 11.8 Å². The lowest BCUT2D eigenvalue weighted by Gasteiger charge is -2.46. The van der Waals surface area contributed by atoms with E-state index in [1.54, 1.807) is 21.0 Å². The Hall–Kier alpha value is -4.23. The van der Waals surface area contributed by atoms with Gasteiger partial charge < -0.3 is 20.9 Å². The number of nitrogen functional groups attached to an aromatic ring is 1. The molecule has 0 bridgehead atoms. The molecule has 0 spiro atoms. The Morgan fingerprint density at radius 2 is 2.07 bits per heavy atom. The number of hydrazine groups is 1. The first-order chi connectivity index (χ1) is 20.9. The maximum Gasteiger partial charge on any atom is 0.332 e. The summed E-state index contributed by atoms with van der Waals surface area (Å²) in [6.07, 6.45) is 4.17. The number of aromatic amines is 1. The van der Waals surface area contributed by atoms with Crippen molar-refractivity contribution in [2.24, 2.45) is 0 Å². The lowest BCUT2D eigenvalue weighted by Crippen LogP contribution is -2.66. The molecule has 2 atom stereocenters. The fourth-order valence-electron chi connectivity index (χ4n) is 6.11. The molecule has 0 unspecified atom stereocenters. The summed E-state index contributed by atoms with van der Waals surface area (Å²) in [7, 11) is 0. The van der Waals surface area contributed by atoms with E-state index in [1.807, 2.05) is 48.3 Å². The van der Waals surface area contributed by atoms with Gasteiger partial charge in [-0.3, -0.25) is 19.7 Å². The number of carbonyl (C=O) groups is 3. The molecule has 43 heavy (non-hydrogen) atoms. The Bertz CT molecular complexity index is 1650. The largest absolute Gasteiger partial charge is 0.375 e. The molecule has 2 aliphatic rings. The van der Waals surface area contributed by atoms with Gasteiger partial charge in [-0.05, 0) is 42.2 Å². The molecule has 0 radical (unpaired) electrons. The van der Waals surface area contributed by atoms with Crippen molar-refractivity contribution in [2.45, 2.75) is 58.3 Å². The van der Waals surface area contributed by atoms with Crippen LogP contribution in [-0.4, -0.2) is 91.2 Å². The summed E-state index contributed by atoms with van der Waals surface area (Å²) in [6, 6.07) is 10.8. The highest BCUT2D eigenvalue weighted by Crippen LogP contribution is 2.32. The van der Waals surface area contributed by atoms with Crippen molar-refractivity contribution in [1.29, 1.82) is 0 Å². The number of anilines is 1. The van der Waals surface area contributed by atoms with Gasteiger partial charge in [0.15, 0.2) is 5.13 Å². The number of para-hydroxylation sites is 1. The number of fused-ring (bicyclic) bond motifs is 3. The third-order valence-corrected chi connectivity index (χ3v) is 9.02. The molecule has 2 saturated heterocycles. The normalized spacial score (nSPS) is 19.0. The van der Waals surface area contributed by atoms with Gasteiger partial charge in [-0.25, -0.2) is 9.78 Å². The summed E-state index contributed by atoms with van der Waals surface area (Å²) in [4.78, 5) is 49.3. The van der Waals surface area contributed by atoms with Crippen LogP contribution in [0.2, 0.25) is 0 Å². The number of thiazole rings is 1. The minimum Gasteiger partial charge on any atom is -0.375 e. The number of unbranched alkanes of at least 4 members (excludes halogenated alkanes) is 1. The number of piperazine rings is 1. The minimum atomic E-state index is -0.730. The molecular formula is C30H37N9O3S. The molecule has 4 amide bonds. The van der Waals surface area contributed by atoms with Gasteiger partial charge in [-0.1, -0.05) is 49.8 Å². The van der Waals surface area contributed by atoms with Crippen molar-refractivity contribution in [1.82, 2.24) is 40.3 Å². The monoisotopic (exact) mass is 603 g/mol. The van der Waals surface area contributed by atoms with Gasteiger partial charge in [0, 0.05) is 31.4 Å². The molecule has 4 heterocycles. The van der Waals surface area contributed by atoms with E-state index in [4.69, 9.17) is 5.73 Å². The number of carbonyl (C=O) groups excluding carboxylic acids is 3. The molecule has 2 aromatic heterocycles. The number of H-pyrrole nitrogens is 1. The predicted molar refractivity (Wildman–Crippen MR) is 166 cm³/mol. The third-order valence-electron chi connectivity index (χ3n) is 8.17. The zero-order valence-electron chi connectivity index (χ0n) is 24.5. The van der Waals surface area contributed by atoms with Crippen molar-refractivity contribution in [3.8, 4) is 0 Å². The van der Waals surface area contributed by atoms with E-state index < -0.39 is 12.2 Å². The Balaban J connectivity index is 1.35. The van der Waals surface area contributed by atoms with E-state index in [-0.39, 0.29) is 30.9 Å². The Morgan fingerprint density at radius 3 is 2.88 bits per heavy atom. The lowest BCUT2D eigenvalue weighted by molar-refractivity contribution is -0.157. The number of amides is 4. The topological polar surface area (TPSA) is 144 Å². The quantitative estimate of drug-likeness (QED) is 0.236. The van der Waals surface area contributed by atoms with Crippen LogP contribution in [0.25, 0.3) is 21.1 Å². The second-order valence-electron chi connectivity index (χ2n) is 11.1. The summed E-state index contributed by atoms with van der Waals surface area (Å²) in [5.41, 5.74) is 9.53. The van der Waals surface area contributed by atoms with E-state index in [9.17, 15) is 14.4 Å². The number of urea groups is 1. The summed E-state index contributed by atoms with van der Waals surface area (Å²) in [6.45, 7) is 5.72. The van der Waals surface area contributed by atoms with Gasteiger partial charge in [-0.15, -0.1) is 0 Å². The number of nitrogens with one attached hydrogen (secondary N) is 2. The number of hydrogen-bond donors (Lipinski definition) is 3. The van der Waals surface area contributed by atoms with Crippen LogP contribution < -0.4 is 11.1 Å². The van der Waals surface area contributed by atoms with Crippen LogP contribution in [0.4, 0.5) is 9.93 Å². The molecule has 226 valence electrons. The van der Waals surface area contributed by atoms with E-state index >= 15 is 0 Å². The van der Waals surface area contributed by atoms with E-state index in [0.29, 0.717) is 31.2 Å². The van der Waals surface area contributed by atoms with Gasteiger partial charge >= 0.3 is 6.03 Å². The molecule has 2 fully saturated rings. The van der Waals surface area contributed by atoms with Crippen molar-refractivity contribution in [3.63, 3.8) is 0 Å². The number of nitrogens with two attached hydrogens (primary N) is 1. The summed E-state index contributed by atoms with van der Waals surface area (Å²) in [5, 5.41) is 15.0. The number of benzene rings is 2. The highest BCUT2D eigenvalue weighted by molar-refractivity contribution is 7.22. The molecule has 4 N–H and O–H groups in total. The van der Waals surface area contributed by atoms with Crippen LogP contribution in [0.5, 0.6) is 0 Å². The van der Waals surface area contributed by atoms with Crippen LogP contribution in [0.15, 0.2) is 42.6 Å². The number of hydrogen-bond acceptors (Lipinski definition) is 8. The summed E-state index contributed by atoms with van der Waals surface area (Å²) >= 11 is 1.41. The summed E-state index contributed by atoms with van der Waals surface area (Å²) < 4.78 is 0.960. The second-order valence-corrected chi connectivity index (χ2v) is 12.2. The fourth-order valence-corrected chi connectivity index (χ4v) is 6.89. The van der Waals surface area contributed by atoms with Gasteiger partial charge in [-0.2, -0.15) is 10.1 Å². The third kappa shape index (κ3) is 5.62. The molecule has 0 aliphatic carbocycles. The van der Waals surface area contributed by atoms with Crippen molar-refractivity contribution in [3.05, 3.63) is 53.7 Å². The maximum atomic E-state index is 14.2. The molecular weight excluding hydrogens is 566 g/mol. The van der Waals surface area contributed by atoms with Crippen molar-refractivity contribution < 1.29 is 14.4 Å². The van der Waals surface area contributed by atoms with Gasteiger partial charge in [0.25, 0.3) is 0 Å². The zero-order chi connectivity index (χ0) is 30.1. The van der Waals surface area contributed by atoms with Crippen LogP contribution >= 0.6 is 11.3 Å². The molecule has 0 saturated carbocycles. The SMILES string of the molecule is CCCCNC(=O)N(CCC)N1CC(=O)N2[C@@H](Cc3ccc4[nH]ncc4c3)C(=O)N(Cc3cccc4sc(N)nc34)C[C@@H]21. The smallest absolute Gasteiger partial charge is 0.332 e. The van der Waals surface area contributed by atoms with Crippen molar-refractivity contribution in [2.75, 3.05) is 31.9 Å². The zero-order valence-corrected chi connectivity index (χ0v) is 25.3. The maximum absolute atomic E-state index is 14.2. The molecule has 12 nitrogen and oxygen atoms in total. The Labute approximate surface area is 253 Å². The van der Waals surface area contributed by atoms with Crippen LogP contribution in [0.1, 0.15) is 44.2 Å². The Morgan fingerprint density at radius 1 is 1.21 bits per heavy atom. The summed E-state index contributed by atoms with van der Waals surface area (Å²) in [5.74, 6) is -0.294. The van der Waals surface area contributed by atoms with E-state index in [0.717, 1.165) is 51.5 Å². The molecule has 13 heteroatoms. The minimum absolute atomic E-state index is 0.0302. The number of nitrogens with zero attached hydrogens (tertiary/aromatic N) is 6. The lowest BCUT2D eigenvalue weighted by atomic mass is 9.99. The van der Waals surface area contributed by atoms with Crippen LogP contribution in [0.3, 0.4) is 0 Å². The first-order valence-corrected chi connectivity index (χ1v) is 15.7. The number of rotatable bonds is 10. The molecule has 4 aromatic rings. The van der Waals surface area contributed by atoms with Crippen LogP contribution in [-0.2, 0) is 22.6 Å². The van der Waals surface area contributed by atoms with Gasteiger partial charge in [0.1, 0.15) is 12.2 Å². The Kier molecular flexibility index (Phi) is 8.17. The fraction of sp³-hybridized carbons (Fsp3) is 0.433. The second kappa shape index (κ2) is 12.2. The predicted octanol–water partition coefficient (Wildman–Crippen LogP) is 3.32. The standard InChI is InChI=1S/C30H37N9O3S/c1-3-5-11-32-30(42)37(12-4-2)38-18-26(40)39-23(14-19-9-10-22-21(13-19)15-33-35-22)28(41)36(17-25(38)39)16-20-7-6-8-24-27(20)34-29(31)43-24/h6-10,13,15,23,25H,3-5,11-12,14,16-18H2,1-2H3,(H2,31,34)(H,32,42)(H,33,35)/t23-,25+/m0/s1. The average Bonchev–Trinajstić information content (AvgIpc) is 3.70. The highest BCUT2D eigenvalue weighted by atomic mass is 32.1. The van der Waals surface area contributed by atoms with Crippen LogP contribution in [0, 0.1) is 0 Å². The van der Waals surface area contributed by atoms with E-state index in [2.05, 4.69) is 27.4 Å². The highest BCUT2D eigenvalue weighted by Gasteiger charge is 2.52. The van der Waals surface area contributed by atoms with Crippen molar-refractivity contribution >= 4 is 55.4 Å².